The van der Waals surface area contributed by atoms with Crippen molar-refractivity contribution in [2.75, 3.05) is 39.3 Å². The molecule has 0 radical (unpaired) electrons. The Morgan fingerprint density at radius 1 is 0.435 bits per heavy atom. The maximum atomic E-state index is 4.85. The molecule has 0 bridgehead atoms. The number of imidazole rings is 2. The van der Waals surface area contributed by atoms with Gasteiger partial charge in [-0.1, -0.05) is 152 Å². The first kappa shape index (κ1) is 43.1. The van der Waals surface area contributed by atoms with Crippen molar-refractivity contribution < 1.29 is 0 Å². The number of hydrogen-bond donors (Lipinski definition) is 0. The van der Waals surface area contributed by atoms with Gasteiger partial charge in [0, 0.05) is 42.2 Å². The average Bonchev–Trinajstić information content (AvgIpc) is 4.01. The molecule has 2 aliphatic rings. The molecule has 0 aliphatic carbocycles. The number of likely N-dealkylation sites (tertiary alicyclic amines) is 2. The Morgan fingerprint density at radius 3 is 1.37 bits per heavy atom. The van der Waals surface area contributed by atoms with Gasteiger partial charge in [0.25, 0.3) is 0 Å². The highest BCUT2D eigenvalue weighted by molar-refractivity contribution is 5.78. The highest BCUT2D eigenvalue weighted by atomic mass is 15.1. The third-order valence-electron chi connectivity index (χ3n) is 13.2. The summed E-state index contributed by atoms with van der Waals surface area (Å²) in [6, 6.07) is 53.6. The second kappa shape index (κ2) is 23.0. The van der Waals surface area contributed by atoms with Crippen LogP contribution in [0.5, 0.6) is 0 Å². The van der Waals surface area contributed by atoms with E-state index in [-0.39, 0.29) is 0 Å². The van der Waals surface area contributed by atoms with E-state index in [1.165, 1.54) is 137 Å². The molecular weight excluding hydrogens is 757 g/mol. The van der Waals surface area contributed by atoms with Crippen LogP contribution in [0.2, 0.25) is 0 Å². The molecule has 0 atom stereocenters. The molecule has 2 saturated heterocycles. The Morgan fingerprint density at radius 2 is 0.871 bits per heavy atom. The fourth-order valence-electron chi connectivity index (χ4n) is 9.54. The monoisotopic (exact) mass is 823 g/mol. The van der Waals surface area contributed by atoms with Crippen LogP contribution in [0.25, 0.3) is 33.9 Å². The van der Waals surface area contributed by atoms with Crippen LogP contribution >= 0.6 is 0 Å². The van der Waals surface area contributed by atoms with Crippen LogP contribution in [0.1, 0.15) is 62.5 Å². The van der Waals surface area contributed by atoms with Crippen LogP contribution in [-0.4, -0.2) is 68.2 Å². The zero-order chi connectivity index (χ0) is 42.0. The van der Waals surface area contributed by atoms with Gasteiger partial charge in [-0.3, -0.25) is 0 Å². The topological polar surface area (TPSA) is 42.1 Å². The third-order valence-corrected chi connectivity index (χ3v) is 13.2. The molecule has 4 heterocycles. The number of aryl methyl sites for hydroxylation is 4. The van der Waals surface area contributed by atoms with E-state index in [1.807, 2.05) is 12.5 Å². The summed E-state index contributed by atoms with van der Waals surface area (Å²) in [6.45, 7) is 9.56. The zero-order valence-corrected chi connectivity index (χ0v) is 36.7. The molecule has 0 spiro atoms. The summed E-state index contributed by atoms with van der Waals surface area (Å²) >= 11 is 0. The molecule has 0 unspecified atom stereocenters. The SMILES string of the molecule is c1ccc(CCCN2CCC(CCn3ccnc3-c3ccccc3)CC2)cc1.c1ccc(CCCN2CCC(CCn3cnc(-c4ccccc4)c3-c3ccccc3)CC2)cc1. The summed E-state index contributed by atoms with van der Waals surface area (Å²) in [6.07, 6.45) is 18.8. The second-order valence-corrected chi connectivity index (χ2v) is 17.5. The van der Waals surface area contributed by atoms with Crippen molar-refractivity contribution in [2.45, 2.75) is 77.3 Å². The highest BCUT2D eigenvalue weighted by Gasteiger charge is 2.22. The predicted molar refractivity (Wildman–Crippen MR) is 258 cm³/mol. The molecule has 2 fully saturated rings. The molecule has 6 nitrogen and oxygen atoms in total. The molecule has 7 aromatic rings. The number of aromatic nitrogens is 4. The Bertz CT molecular complexity index is 2270. The third kappa shape index (κ3) is 12.5. The average molecular weight is 823 g/mol. The van der Waals surface area contributed by atoms with Crippen molar-refractivity contribution >= 4 is 0 Å². The molecule has 0 saturated carbocycles. The Hall–Kier alpha value is -5.56. The molecule has 62 heavy (non-hydrogen) atoms. The minimum Gasteiger partial charge on any atom is -0.331 e. The largest absolute Gasteiger partial charge is 0.331 e. The van der Waals surface area contributed by atoms with Crippen molar-refractivity contribution in [2.24, 2.45) is 11.8 Å². The summed E-state index contributed by atoms with van der Waals surface area (Å²) in [5, 5.41) is 0. The van der Waals surface area contributed by atoms with Crippen LogP contribution in [0, 0.1) is 11.8 Å². The van der Waals surface area contributed by atoms with E-state index in [2.05, 4.69) is 182 Å². The van der Waals surface area contributed by atoms with E-state index in [9.17, 15) is 0 Å². The second-order valence-electron chi connectivity index (χ2n) is 17.5. The maximum absolute atomic E-state index is 4.85. The molecule has 9 rings (SSSR count). The van der Waals surface area contributed by atoms with E-state index in [4.69, 9.17) is 4.98 Å². The minimum atomic E-state index is 0.802. The number of piperidine rings is 2. The molecule has 5 aromatic carbocycles. The lowest BCUT2D eigenvalue weighted by molar-refractivity contribution is 0.174. The van der Waals surface area contributed by atoms with Gasteiger partial charge in [0.05, 0.1) is 17.7 Å². The Kier molecular flexibility index (Phi) is 16.0. The zero-order valence-electron chi connectivity index (χ0n) is 36.7. The highest BCUT2D eigenvalue weighted by Crippen LogP contribution is 2.32. The van der Waals surface area contributed by atoms with Crippen molar-refractivity contribution in [1.29, 1.82) is 0 Å². The number of benzene rings is 5. The Balaban J connectivity index is 0.000000174. The van der Waals surface area contributed by atoms with E-state index in [0.29, 0.717) is 0 Å². The number of nitrogens with zero attached hydrogens (tertiary/aromatic N) is 6. The van der Waals surface area contributed by atoms with Gasteiger partial charge in [0.2, 0.25) is 0 Å². The summed E-state index contributed by atoms with van der Waals surface area (Å²) in [5.74, 6) is 2.74. The summed E-state index contributed by atoms with van der Waals surface area (Å²) in [4.78, 5) is 14.8. The molecule has 6 heteroatoms. The maximum Gasteiger partial charge on any atom is 0.139 e. The van der Waals surface area contributed by atoms with Crippen LogP contribution in [-0.2, 0) is 25.9 Å². The van der Waals surface area contributed by atoms with E-state index in [0.717, 1.165) is 36.4 Å². The normalized spacial score (nSPS) is 15.3. The first-order chi connectivity index (χ1) is 30.7. The first-order valence-electron chi connectivity index (χ1n) is 23.5. The summed E-state index contributed by atoms with van der Waals surface area (Å²) in [5.41, 5.74) is 8.88. The van der Waals surface area contributed by atoms with Crippen LogP contribution in [0.3, 0.4) is 0 Å². The van der Waals surface area contributed by atoms with Crippen molar-refractivity contribution in [3.8, 4) is 33.9 Å². The van der Waals surface area contributed by atoms with Crippen LogP contribution in [0.15, 0.2) is 170 Å². The van der Waals surface area contributed by atoms with Gasteiger partial charge >= 0.3 is 0 Å². The standard InChI is InChI=1S/C31H35N3.C25H31N3/c1-4-11-26(12-5-1)13-10-21-33-22-18-27(19-23-33)20-24-34-25-32-30(28-14-6-2-7-15-28)31(34)29-16-8-3-9-17-29;1-3-8-22(9-4-1)10-7-17-27-18-13-23(14-19-27)15-20-28-21-16-26-25(28)24-11-5-2-6-12-24/h1-9,11-12,14-17,25,27H,10,13,18-24H2;1-6,8-9,11-12,16,21,23H,7,10,13-15,17-20H2. The van der Waals surface area contributed by atoms with E-state index >= 15 is 0 Å². The molecular formula is C56H66N6. The molecule has 2 aliphatic heterocycles. The van der Waals surface area contributed by atoms with Gasteiger partial charge in [0.15, 0.2) is 0 Å². The fourth-order valence-corrected chi connectivity index (χ4v) is 9.54. The minimum absolute atomic E-state index is 0.802. The lowest BCUT2D eigenvalue weighted by atomic mass is 9.93. The van der Waals surface area contributed by atoms with Gasteiger partial charge in [-0.15, -0.1) is 0 Å². The smallest absolute Gasteiger partial charge is 0.139 e. The van der Waals surface area contributed by atoms with Crippen molar-refractivity contribution in [1.82, 2.24) is 28.9 Å². The first-order valence-corrected chi connectivity index (χ1v) is 23.5. The number of rotatable bonds is 17. The van der Waals surface area contributed by atoms with Gasteiger partial charge < -0.3 is 18.9 Å². The Labute approximate surface area is 371 Å². The number of hydrogen-bond acceptors (Lipinski definition) is 4. The van der Waals surface area contributed by atoms with Crippen molar-refractivity contribution in [3.63, 3.8) is 0 Å². The lowest BCUT2D eigenvalue weighted by Gasteiger charge is -2.32. The van der Waals surface area contributed by atoms with Gasteiger partial charge in [-0.25, -0.2) is 9.97 Å². The summed E-state index contributed by atoms with van der Waals surface area (Å²) in [7, 11) is 0. The molecule has 320 valence electrons. The molecule has 2 aromatic heterocycles. The molecule has 0 amide bonds. The van der Waals surface area contributed by atoms with E-state index < -0.39 is 0 Å². The van der Waals surface area contributed by atoms with Crippen molar-refractivity contribution in [3.05, 3.63) is 182 Å². The van der Waals surface area contributed by atoms with E-state index in [1.54, 1.807) is 0 Å². The van der Waals surface area contributed by atoms with Gasteiger partial charge in [0.1, 0.15) is 5.82 Å². The van der Waals surface area contributed by atoms with Gasteiger partial charge in [-0.05, 0) is 126 Å². The van der Waals surface area contributed by atoms with Crippen LogP contribution < -0.4 is 0 Å². The predicted octanol–water partition coefficient (Wildman–Crippen LogP) is 12.2. The fraction of sp³-hybridized carbons (Fsp3) is 0.357. The summed E-state index contributed by atoms with van der Waals surface area (Å²) < 4.78 is 4.70. The molecule has 0 N–H and O–H groups in total. The van der Waals surface area contributed by atoms with Crippen LogP contribution in [0.4, 0.5) is 0 Å². The lowest BCUT2D eigenvalue weighted by Crippen LogP contribution is -2.34. The quantitative estimate of drug-likeness (QED) is 0.0917. The van der Waals surface area contributed by atoms with Gasteiger partial charge in [-0.2, -0.15) is 0 Å².